The standard InChI is InChI=1S/C19H21FN6O/c1-27-16-11-21-10-15-17(16)18(26-8-7-22-14(9-20)12-26)25-19(24-15)23-13-5-3-2-4-6-13/h2-6,10-11,14,22H,7-9,12H2,1H3,(H,23,24,25). The van der Waals surface area contributed by atoms with Crippen LogP contribution in [0.2, 0.25) is 0 Å². The van der Waals surface area contributed by atoms with Gasteiger partial charge in [-0.15, -0.1) is 0 Å². The van der Waals surface area contributed by atoms with Crippen LogP contribution in [0.5, 0.6) is 5.75 Å². The minimum atomic E-state index is -0.423. The number of anilines is 3. The Bertz CT molecular complexity index is 923. The number of nitrogens with zero attached hydrogens (tertiary/aromatic N) is 4. The second-order valence-electron chi connectivity index (χ2n) is 6.35. The van der Waals surface area contributed by atoms with E-state index in [2.05, 4.69) is 25.5 Å². The van der Waals surface area contributed by atoms with Crippen molar-refractivity contribution in [3.63, 3.8) is 0 Å². The molecule has 0 bridgehead atoms. The first-order chi connectivity index (χ1) is 13.3. The van der Waals surface area contributed by atoms with Crippen molar-refractivity contribution in [2.45, 2.75) is 6.04 Å². The molecule has 0 aliphatic carbocycles. The highest BCUT2D eigenvalue weighted by atomic mass is 19.1. The summed E-state index contributed by atoms with van der Waals surface area (Å²) in [6.07, 6.45) is 3.34. The fraction of sp³-hybridized carbons (Fsp3) is 0.316. The number of rotatable bonds is 5. The summed E-state index contributed by atoms with van der Waals surface area (Å²) in [6.45, 7) is 1.51. The first-order valence-corrected chi connectivity index (χ1v) is 8.84. The number of nitrogens with one attached hydrogen (secondary N) is 2. The minimum absolute atomic E-state index is 0.220. The van der Waals surface area contributed by atoms with E-state index in [-0.39, 0.29) is 6.04 Å². The Hall–Kier alpha value is -3.00. The van der Waals surface area contributed by atoms with Gasteiger partial charge in [-0.1, -0.05) is 18.2 Å². The van der Waals surface area contributed by atoms with Gasteiger partial charge in [0.25, 0.3) is 0 Å². The molecule has 1 fully saturated rings. The van der Waals surface area contributed by atoms with Crippen LogP contribution in [0, 0.1) is 0 Å². The van der Waals surface area contributed by atoms with Crippen LogP contribution in [0.15, 0.2) is 42.7 Å². The van der Waals surface area contributed by atoms with E-state index in [1.54, 1.807) is 19.5 Å². The quantitative estimate of drug-likeness (QED) is 0.717. The average molecular weight is 368 g/mol. The fourth-order valence-corrected chi connectivity index (χ4v) is 3.25. The third kappa shape index (κ3) is 3.61. The highest BCUT2D eigenvalue weighted by Crippen LogP contribution is 2.33. The van der Waals surface area contributed by atoms with Gasteiger partial charge in [-0.05, 0) is 12.1 Å². The third-order valence-electron chi connectivity index (χ3n) is 4.54. The molecule has 1 aliphatic rings. The molecule has 140 valence electrons. The van der Waals surface area contributed by atoms with Crippen LogP contribution in [-0.2, 0) is 0 Å². The summed E-state index contributed by atoms with van der Waals surface area (Å²) < 4.78 is 18.7. The number of hydrogen-bond donors (Lipinski definition) is 2. The topological polar surface area (TPSA) is 75.2 Å². The van der Waals surface area contributed by atoms with E-state index >= 15 is 0 Å². The summed E-state index contributed by atoms with van der Waals surface area (Å²) in [4.78, 5) is 15.6. The molecule has 2 aromatic heterocycles. The van der Waals surface area contributed by atoms with E-state index < -0.39 is 6.67 Å². The SMILES string of the molecule is COc1cncc2nc(Nc3ccccc3)nc(N3CCNC(CF)C3)c12. The van der Waals surface area contributed by atoms with Crippen molar-refractivity contribution in [3.8, 4) is 5.75 Å². The number of alkyl halides is 1. The molecule has 1 atom stereocenters. The number of benzene rings is 1. The summed E-state index contributed by atoms with van der Waals surface area (Å²) in [7, 11) is 1.60. The van der Waals surface area contributed by atoms with E-state index in [4.69, 9.17) is 9.72 Å². The van der Waals surface area contributed by atoms with Crippen LogP contribution in [0.25, 0.3) is 10.9 Å². The van der Waals surface area contributed by atoms with Gasteiger partial charge in [-0.3, -0.25) is 4.98 Å². The number of hydrogen-bond acceptors (Lipinski definition) is 7. The number of methoxy groups -OCH3 is 1. The van der Waals surface area contributed by atoms with E-state index in [0.717, 1.165) is 23.4 Å². The van der Waals surface area contributed by atoms with Crippen molar-refractivity contribution in [2.75, 3.05) is 43.6 Å². The molecule has 0 spiro atoms. The first-order valence-electron chi connectivity index (χ1n) is 8.84. The zero-order chi connectivity index (χ0) is 18.6. The molecule has 3 heterocycles. The maximum absolute atomic E-state index is 13.2. The molecule has 0 radical (unpaired) electrons. The first kappa shape index (κ1) is 17.4. The van der Waals surface area contributed by atoms with Crippen molar-refractivity contribution >= 4 is 28.4 Å². The highest BCUT2D eigenvalue weighted by molar-refractivity contribution is 5.95. The highest BCUT2D eigenvalue weighted by Gasteiger charge is 2.24. The maximum Gasteiger partial charge on any atom is 0.229 e. The van der Waals surface area contributed by atoms with Gasteiger partial charge >= 0.3 is 0 Å². The third-order valence-corrected chi connectivity index (χ3v) is 4.54. The van der Waals surface area contributed by atoms with Crippen LogP contribution >= 0.6 is 0 Å². The second kappa shape index (κ2) is 7.71. The van der Waals surface area contributed by atoms with Crippen molar-refractivity contribution in [2.24, 2.45) is 0 Å². The van der Waals surface area contributed by atoms with Crippen LogP contribution < -0.4 is 20.3 Å². The van der Waals surface area contributed by atoms with Crippen molar-refractivity contribution in [1.82, 2.24) is 20.3 Å². The van der Waals surface area contributed by atoms with E-state index in [0.29, 0.717) is 30.3 Å². The van der Waals surface area contributed by atoms with Gasteiger partial charge in [0.2, 0.25) is 5.95 Å². The number of piperazine rings is 1. The lowest BCUT2D eigenvalue weighted by Crippen LogP contribution is -2.52. The molecule has 1 aromatic carbocycles. The van der Waals surface area contributed by atoms with Gasteiger partial charge in [0, 0.05) is 25.3 Å². The normalized spacial score (nSPS) is 17.1. The van der Waals surface area contributed by atoms with Crippen molar-refractivity contribution in [1.29, 1.82) is 0 Å². The lowest BCUT2D eigenvalue weighted by molar-refractivity contribution is 0.352. The zero-order valence-electron chi connectivity index (χ0n) is 15.0. The minimum Gasteiger partial charge on any atom is -0.494 e. The number of halogens is 1. The van der Waals surface area contributed by atoms with Crippen LogP contribution in [0.1, 0.15) is 0 Å². The Kier molecular flexibility index (Phi) is 4.97. The molecular weight excluding hydrogens is 347 g/mol. The number of aromatic nitrogens is 3. The van der Waals surface area contributed by atoms with Gasteiger partial charge in [0.05, 0.1) is 30.9 Å². The smallest absolute Gasteiger partial charge is 0.229 e. The maximum atomic E-state index is 13.2. The van der Waals surface area contributed by atoms with Gasteiger partial charge in [-0.2, -0.15) is 4.98 Å². The average Bonchev–Trinajstić information content (AvgIpc) is 2.73. The predicted molar refractivity (Wildman–Crippen MR) is 104 cm³/mol. The molecule has 2 N–H and O–H groups in total. The van der Waals surface area contributed by atoms with Crippen molar-refractivity contribution < 1.29 is 9.13 Å². The van der Waals surface area contributed by atoms with Gasteiger partial charge in [0.1, 0.15) is 23.8 Å². The van der Waals surface area contributed by atoms with Crippen LogP contribution in [0.4, 0.5) is 21.8 Å². The second-order valence-corrected chi connectivity index (χ2v) is 6.35. The Morgan fingerprint density at radius 1 is 1.26 bits per heavy atom. The zero-order valence-corrected chi connectivity index (χ0v) is 15.0. The van der Waals surface area contributed by atoms with E-state index in [1.807, 2.05) is 30.3 Å². The van der Waals surface area contributed by atoms with E-state index in [1.165, 1.54) is 0 Å². The molecule has 27 heavy (non-hydrogen) atoms. The van der Waals surface area contributed by atoms with Crippen LogP contribution in [-0.4, -0.2) is 54.4 Å². The van der Waals surface area contributed by atoms with Gasteiger partial charge in [-0.25, -0.2) is 9.37 Å². The lowest BCUT2D eigenvalue weighted by Gasteiger charge is -2.34. The molecule has 3 aromatic rings. The molecule has 0 saturated carbocycles. The predicted octanol–water partition coefficient (Wildman–Crippen LogP) is 2.52. The Labute approximate surface area is 156 Å². The monoisotopic (exact) mass is 368 g/mol. The van der Waals surface area contributed by atoms with E-state index in [9.17, 15) is 4.39 Å². The largest absolute Gasteiger partial charge is 0.494 e. The summed E-state index contributed by atoms with van der Waals surface area (Å²) >= 11 is 0. The molecule has 1 saturated heterocycles. The molecule has 8 heteroatoms. The number of ether oxygens (including phenoxy) is 1. The molecule has 0 amide bonds. The number of pyridine rings is 1. The number of para-hydroxylation sites is 1. The molecule has 4 rings (SSSR count). The fourth-order valence-electron chi connectivity index (χ4n) is 3.25. The van der Waals surface area contributed by atoms with Gasteiger partial charge in [0.15, 0.2) is 0 Å². The molecular formula is C19H21FN6O. The molecule has 1 unspecified atom stereocenters. The lowest BCUT2D eigenvalue weighted by atomic mass is 10.2. The number of fused-ring (bicyclic) bond motifs is 1. The van der Waals surface area contributed by atoms with Crippen molar-refractivity contribution in [3.05, 3.63) is 42.7 Å². The Balaban J connectivity index is 1.80. The summed E-state index contributed by atoms with van der Waals surface area (Å²) in [5, 5.41) is 7.19. The molecule has 1 aliphatic heterocycles. The Morgan fingerprint density at radius 2 is 2.11 bits per heavy atom. The summed E-state index contributed by atoms with van der Waals surface area (Å²) in [5.74, 6) is 1.79. The molecule has 7 nitrogen and oxygen atoms in total. The summed E-state index contributed by atoms with van der Waals surface area (Å²) in [6, 6.07) is 9.50. The van der Waals surface area contributed by atoms with Gasteiger partial charge < -0.3 is 20.3 Å². The summed E-state index contributed by atoms with van der Waals surface area (Å²) in [5.41, 5.74) is 1.56. The Morgan fingerprint density at radius 3 is 2.89 bits per heavy atom. The van der Waals surface area contributed by atoms with Crippen LogP contribution in [0.3, 0.4) is 0 Å².